The number of nitriles is 1. The molecular formula is C28H27N3O3. The molecule has 2 N–H and O–H groups in total. The molecule has 0 saturated heterocycles. The maximum atomic E-state index is 12.6. The lowest BCUT2D eigenvalue weighted by molar-refractivity contribution is -0.118. The third-order valence-electron chi connectivity index (χ3n) is 5.55. The number of carbonyl (C=O) groups is 2. The number of nitrogens with zero attached hydrogens (tertiary/aromatic N) is 1. The molecule has 0 bridgehead atoms. The Morgan fingerprint density at radius 1 is 0.912 bits per heavy atom. The summed E-state index contributed by atoms with van der Waals surface area (Å²) < 4.78 is 5.61. The second-order valence-electron chi connectivity index (χ2n) is 8.08. The van der Waals surface area contributed by atoms with Crippen molar-refractivity contribution in [2.75, 3.05) is 17.2 Å². The fraction of sp³-hybridized carbons (Fsp3) is 0.179. The molecule has 3 aromatic rings. The van der Waals surface area contributed by atoms with E-state index in [1.54, 1.807) is 30.3 Å². The number of carbonyl (C=O) groups excluding carboxylic acids is 2. The lowest BCUT2D eigenvalue weighted by Crippen LogP contribution is -2.20. The van der Waals surface area contributed by atoms with Crippen LogP contribution in [0.5, 0.6) is 5.75 Å². The van der Waals surface area contributed by atoms with Crippen molar-refractivity contribution in [3.63, 3.8) is 0 Å². The average molecular weight is 454 g/mol. The highest BCUT2D eigenvalue weighted by molar-refractivity contribution is 6.10. The first-order valence-electron chi connectivity index (χ1n) is 10.9. The van der Waals surface area contributed by atoms with E-state index in [0.717, 1.165) is 22.3 Å². The minimum absolute atomic E-state index is 0.0365. The fourth-order valence-electron chi connectivity index (χ4n) is 3.25. The van der Waals surface area contributed by atoms with Gasteiger partial charge in [0.05, 0.1) is 0 Å². The Kier molecular flexibility index (Phi) is 7.83. The summed E-state index contributed by atoms with van der Waals surface area (Å²) in [6.45, 7) is 7.70. The fourth-order valence-corrected chi connectivity index (χ4v) is 3.25. The number of anilines is 2. The predicted octanol–water partition coefficient (Wildman–Crippen LogP) is 5.48. The molecule has 0 radical (unpaired) electrons. The van der Waals surface area contributed by atoms with Crippen molar-refractivity contribution in [3.05, 3.63) is 94.1 Å². The first kappa shape index (κ1) is 24.3. The Morgan fingerprint density at radius 3 is 2.41 bits per heavy atom. The van der Waals surface area contributed by atoms with Crippen LogP contribution in [0.3, 0.4) is 0 Å². The molecular weight excluding hydrogens is 426 g/mol. The van der Waals surface area contributed by atoms with Crippen LogP contribution in [-0.2, 0) is 9.59 Å². The highest BCUT2D eigenvalue weighted by Crippen LogP contribution is 2.20. The van der Waals surface area contributed by atoms with Crippen LogP contribution in [0.15, 0.2) is 66.2 Å². The van der Waals surface area contributed by atoms with Gasteiger partial charge in [0, 0.05) is 11.4 Å². The highest BCUT2D eigenvalue weighted by Gasteiger charge is 2.12. The number of aryl methyl sites for hydroxylation is 3. The molecule has 6 heteroatoms. The number of hydrogen-bond donors (Lipinski definition) is 2. The van der Waals surface area contributed by atoms with Crippen LogP contribution in [0.2, 0.25) is 0 Å². The van der Waals surface area contributed by atoms with Gasteiger partial charge in [0.15, 0.2) is 6.61 Å². The van der Waals surface area contributed by atoms with E-state index in [9.17, 15) is 14.9 Å². The summed E-state index contributed by atoms with van der Waals surface area (Å²) in [7, 11) is 0. The summed E-state index contributed by atoms with van der Waals surface area (Å²) in [5, 5.41) is 15.1. The second kappa shape index (κ2) is 11.0. The van der Waals surface area contributed by atoms with E-state index >= 15 is 0 Å². The van der Waals surface area contributed by atoms with E-state index in [2.05, 4.69) is 10.6 Å². The SMILES string of the molecule is Cc1ccc(NC(=O)COc2cccc(/C=C(/C#N)C(=O)Nc3cccc(C)c3C)c2)cc1C. The smallest absolute Gasteiger partial charge is 0.266 e. The van der Waals surface area contributed by atoms with Crippen molar-refractivity contribution in [2.45, 2.75) is 27.7 Å². The van der Waals surface area contributed by atoms with Gasteiger partial charge in [-0.15, -0.1) is 0 Å². The molecule has 0 aliphatic heterocycles. The number of hydrogen-bond acceptors (Lipinski definition) is 4. The zero-order chi connectivity index (χ0) is 24.7. The molecule has 3 rings (SSSR count). The Labute approximate surface area is 199 Å². The standard InChI is InChI=1S/C28H27N3O3/c1-18-11-12-24(13-20(18)3)30-27(32)17-34-25-9-6-8-22(15-25)14-23(16-29)28(33)31-26-10-5-7-19(2)21(26)4/h5-15H,17H2,1-4H3,(H,30,32)(H,31,33)/b23-14-. The summed E-state index contributed by atoms with van der Waals surface area (Å²) in [4.78, 5) is 24.9. The van der Waals surface area contributed by atoms with E-state index in [4.69, 9.17) is 4.74 Å². The van der Waals surface area contributed by atoms with Crippen molar-refractivity contribution in [3.8, 4) is 11.8 Å². The van der Waals surface area contributed by atoms with Crippen molar-refractivity contribution >= 4 is 29.3 Å². The average Bonchev–Trinajstić information content (AvgIpc) is 2.81. The van der Waals surface area contributed by atoms with Crippen LogP contribution >= 0.6 is 0 Å². The van der Waals surface area contributed by atoms with E-state index in [1.165, 1.54) is 6.08 Å². The van der Waals surface area contributed by atoms with Gasteiger partial charge in [-0.1, -0.05) is 30.3 Å². The third-order valence-corrected chi connectivity index (χ3v) is 5.55. The summed E-state index contributed by atoms with van der Waals surface area (Å²) in [5.74, 6) is -0.318. The van der Waals surface area contributed by atoms with E-state index in [1.807, 2.05) is 64.1 Å². The number of ether oxygens (including phenoxy) is 1. The molecule has 0 saturated carbocycles. The molecule has 0 aliphatic rings. The number of amides is 2. The molecule has 0 unspecified atom stereocenters. The van der Waals surface area contributed by atoms with Crippen LogP contribution in [0.1, 0.15) is 27.8 Å². The van der Waals surface area contributed by atoms with Crippen molar-refractivity contribution < 1.29 is 14.3 Å². The monoisotopic (exact) mass is 453 g/mol. The topological polar surface area (TPSA) is 91.2 Å². The molecule has 0 fully saturated rings. The normalized spacial score (nSPS) is 10.9. The molecule has 0 spiro atoms. The largest absolute Gasteiger partial charge is 0.484 e. The van der Waals surface area contributed by atoms with E-state index in [-0.39, 0.29) is 18.1 Å². The zero-order valence-corrected chi connectivity index (χ0v) is 19.7. The summed E-state index contributed by atoms with van der Waals surface area (Å²) >= 11 is 0. The Balaban J connectivity index is 1.65. The quantitative estimate of drug-likeness (QED) is 0.366. The molecule has 3 aromatic carbocycles. The van der Waals surface area contributed by atoms with E-state index in [0.29, 0.717) is 22.7 Å². The summed E-state index contributed by atoms with van der Waals surface area (Å²) in [6.07, 6.45) is 1.49. The molecule has 0 atom stereocenters. The van der Waals surface area contributed by atoms with Crippen molar-refractivity contribution in [1.29, 1.82) is 5.26 Å². The molecule has 0 heterocycles. The second-order valence-corrected chi connectivity index (χ2v) is 8.08. The highest BCUT2D eigenvalue weighted by atomic mass is 16.5. The van der Waals surface area contributed by atoms with Gasteiger partial charge in [-0.25, -0.2) is 0 Å². The van der Waals surface area contributed by atoms with Crippen LogP contribution in [-0.4, -0.2) is 18.4 Å². The maximum Gasteiger partial charge on any atom is 0.266 e. The first-order chi connectivity index (χ1) is 16.3. The Hall–Kier alpha value is -4.37. The molecule has 34 heavy (non-hydrogen) atoms. The van der Waals surface area contributed by atoms with E-state index < -0.39 is 5.91 Å². The van der Waals surface area contributed by atoms with Crippen molar-refractivity contribution in [1.82, 2.24) is 0 Å². The number of nitrogens with one attached hydrogen (secondary N) is 2. The van der Waals surface area contributed by atoms with Crippen LogP contribution in [0.25, 0.3) is 6.08 Å². The van der Waals surface area contributed by atoms with Gasteiger partial charge >= 0.3 is 0 Å². The van der Waals surface area contributed by atoms with Crippen LogP contribution in [0.4, 0.5) is 11.4 Å². The van der Waals surface area contributed by atoms with Gasteiger partial charge < -0.3 is 15.4 Å². The third kappa shape index (κ3) is 6.33. The predicted molar refractivity (Wildman–Crippen MR) is 135 cm³/mol. The number of rotatable bonds is 7. The number of benzene rings is 3. The van der Waals surface area contributed by atoms with Crippen LogP contribution in [0, 0.1) is 39.0 Å². The minimum Gasteiger partial charge on any atom is -0.484 e. The van der Waals surface area contributed by atoms with Gasteiger partial charge in [0.1, 0.15) is 17.4 Å². The zero-order valence-electron chi connectivity index (χ0n) is 19.7. The maximum absolute atomic E-state index is 12.6. The molecule has 2 amide bonds. The summed E-state index contributed by atoms with van der Waals surface area (Å²) in [6, 6.07) is 20.1. The summed E-state index contributed by atoms with van der Waals surface area (Å²) in [5.41, 5.74) is 6.19. The minimum atomic E-state index is -0.490. The lowest BCUT2D eigenvalue weighted by atomic mass is 10.1. The van der Waals surface area contributed by atoms with Gasteiger partial charge in [-0.3, -0.25) is 9.59 Å². The molecule has 0 aromatic heterocycles. The van der Waals surface area contributed by atoms with Gasteiger partial charge in [0.2, 0.25) is 0 Å². The Morgan fingerprint density at radius 2 is 1.68 bits per heavy atom. The molecule has 172 valence electrons. The van der Waals surface area contributed by atoms with Gasteiger partial charge in [0.25, 0.3) is 11.8 Å². The van der Waals surface area contributed by atoms with Crippen molar-refractivity contribution in [2.24, 2.45) is 0 Å². The van der Waals surface area contributed by atoms with Gasteiger partial charge in [-0.2, -0.15) is 5.26 Å². The first-order valence-corrected chi connectivity index (χ1v) is 10.9. The Bertz CT molecular complexity index is 1300. The van der Waals surface area contributed by atoms with Gasteiger partial charge in [-0.05, 0) is 91.9 Å². The molecule has 6 nitrogen and oxygen atoms in total. The molecule has 0 aliphatic carbocycles. The lowest BCUT2D eigenvalue weighted by Gasteiger charge is -2.10. The van der Waals surface area contributed by atoms with Crippen LogP contribution < -0.4 is 15.4 Å².